The van der Waals surface area contributed by atoms with Gasteiger partial charge in [-0.1, -0.05) is 46.3 Å². The molecule has 0 N–H and O–H groups in total. The van der Waals surface area contributed by atoms with Gasteiger partial charge in [0.05, 0.1) is 6.10 Å². The standard InChI is InChI=1S/C16H17BrO/c1-13(7-8-14-5-3-2-4-6-14)18-16-11-9-15(17)10-12-16/h2-6,9-13H,7-8H2,1H3. The SMILES string of the molecule is CC(CCc1ccccc1)Oc1ccc(Br)cc1. The average Bonchev–Trinajstić information content (AvgIpc) is 2.40. The summed E-state index contributed by atoms with van der Waals surface area (Å²) in [6.45, 7) is 2.12. The molecule has 1 nitrogen and oxygen atoms in total. The number of ether oxygens (including phenoxy) is 1. The predicted molar refractivity (Wildman–Crippen MR) is 79.0 cm³/mol. The fourth-order valence-electron chi connectivity index (χ4n) is 1.82. The minimum atomic E-state index is 0.228. The first-order chi connectivity index (χ1) is 8.74. The molecule has 0 bridgehead atoms. The molecule has 94 valence electrons. The summed E-state index contributed by atoms with van der Waals surface area (Å²) in [5.41, 5.74) is 1.36. The van der Waals surface area contributed by atoms with E-state index in [0.29, 0.717) is 0 Å². The normalized spacial score (nSPS) is 12.1. The van der Waals surface area contributed by atoms with Crippen molar-refractivity contribution < 1.29 is 4.74 Å². The summed E-state index contributed by atoms with van der Waals surface area (Å²) in [5, 5.41) is 0. The first-order valence-corrected chi connectivity index (χ1v) is 6.99. The average molecular weight is 305 g/mol. The molecule has 18 heavy (non-hydrogen) atoms. The maximum absolute atomic E-state index is 5.87. The van der Waals surface area contributed by atoms with Gasteiger partial charge in [-0.25, -0.2) is 0 Å². The number of aryl methyl sites for hydroxylation is 1. The fraction of sp³-hybridized carbons (Fsp3) is 0.250. The molecule has 0 aliphatic heterocycles. The van der Waals surface area contributed by atoms with E-state index in [1.54, 1.807) is 0 Å². The zero-order valence-electron chi connectivity index (χ0n) is 10.5. The first kappa shape index (κ1) is 13.2. The number of hydrogen-bond acceptors (Lipinski definition) is 1. The van der Waals surface area contributed by atoms with Crippen molar-refractivity contribution in [3.63, 3.8) is 0 Å². The molecule has 0 fully saturated rings. The third-order valence-electron chi connectivity index (χ3n) is 2.83. The van der Waals surface area contributed by atoms with Gasteiger partial charge < -0.3 is 4.74 Å². The lowest BCUT2D eigenvalue weighted by Gasteiger charge is -2.14. The molecule has 0 heterocycles. The zero-order chi connectivity index (χ0) is 12.8. The summed E-state index contributed by atoms with van der Waals surface area (Å²) in [5.74, 6) is 0.929. The van der Waals surface area contributed by atoms with Crippen molar-refractivity contribution in [1.82, 2.24) is 0 Å². The van der Waals surface area contributed by atoms with E-state index in [0.717, 1.165) is 23.1 Å². The highest BCUT2D eigenvalue weighted by Crippen LogP contribution is 2.18. The molecule has 1 unspecified atom stereocenters. The molecule has 0 radical (unpaired) electrons. The van der Waals surface area contributed by atoms with Gasteiger partial charge in [-0.2, -0.15) is 0 Å². The van der Waals surface area contributed by atoms with Crippen LogP contribution in [0, 0.1) is 0 Å². The highest BCUT2D eigenvalue weighted by molar-refractivity contribution is 9.10. The van der Waals surface area contributed by atoms with E-state index >= 15 is 0 Å². The van der Waals surface area contributed by atoms with Crippen molar-refractivity contribution in [1.29, 1.82) is 0 Å². The quantitative estimate of drug-likeness (QED) is 0.767. The molecule has 1 atom stereocenters. The molecule has 0 amide bonds. The van der Waals surface area contributed by atoms with Crippen molar-refractivity contribution in [2.75, 3.05) is 0 Å². The van der Waals surface area contributed by atoms with E-state index in [-0.39, 0.29) is 6.10 Å². The molecule has 2 aromatic carbocycles. The second kappa shape index (κ2) is 6.60. The Hall–Kier alpha value is -1.28. The van der Waals surface area contributed by atoms with E-state index in [2.05, 4.69) is 47.1 Å². The van der Waals surface area contributed by atoms with Crippen LogP contribution in [0.25, 0.3) is 0 Å². The van der Waals surface area contributed by atoms with Crippen LogP contribution in [0.3, 0.4) is 0 Å². The van der Waals surface area contributed by atoms with Crippen LogP contribution in [0.2, 0.25) is 0 Å². The second-order valence-corrected chi connectivity index (χ2v) is 5.32. The van der Waals surface area contributed by atoms with E-state index in [1.165, 1.54) is 5.56 Å². The van der Waals surface area contributed by atoms with Crippen LogP contribution in [-0.4, -0.2) is 6.10 Å². The number of hydrogen-bond donors (Lipinski definition) is 0. The third kappa shape index (κ3) is 4.19. The van der Waals surface area contributed by atoms with Gasteiger partial charge in [0.15, 0.2) is 0 Å². The van der Waals surface area contributed by atoms with Crippen LogP contribution in [0.4, 0.5) is 0 Å². The zero-order valence-corrected chi connectivity index (χ0v) is 12.1. The van der Waals surface area contributed by atoms with Gasteiger partial charge in [0.2, 0.25) is 0 Å². The Morgan fingerprint density at radius 1 is 1.00 bits per heavy atom. The van der Waals surface area contributed by atoms with Crippen LogP contribution >= 0.6 is 15.9 Å². The van der Waals surface area contributed by atoms with Gasteiger partial charge in [-0.3, -0.25) is 0 Å². The summed E-state index contributed by atoms with van der Waals surface area (Å²) < 4.78 is 6.95. The van der Waals surface area contributed by atoms with Gasteiger partial charge >= 0.3 is 0 Å². The minimum Gasteiger partial charge on any atom is -0.491 e. The molecular formula is C16H17BrO. The Morgan fingerprint density at radius 3 is 2.33 bits per heavy atom. The Balaban J connectivity index is 1.82. The van der Waals surface area contributed by atoms with Gasteiger partial charge in [-0.15, -0.1) is 0 Å². The lowest BCUT2D eigenvalue weighted by molar-refractivity contribution is 0.211. The van der Waals surface area contributed by atoms with Gasteiger partial charge in [0.25, 0.3) is 0 Å². The van der Waals surface area contributed by atoms with Crippen molar-refractivity contribution >= 4 is 15.9 Å². The molecule has 0 aromatic heterocycles. The predicted octanol–water partition coefficient (Wildman–Crippen LogP) is 4.85. The van der Waals surface area contributed by atoms with Crippen LogP contribution in [0.1, 0.15) is 18.9 Å². The molecule has 0 saturated carbocycles. The van der Waals surface area contributed by atoms with Gasteiger partial charge in [0.1, 0.15) is 5.75 Å². The maximum atomic E-state index is 5.87. The number of benzene rings is 2. The van der Waals surface area contributed by atoms with Crippen LogP contribution in [0.15, 0.2) is 59.1 Å². The van der Waals surface area contributed by atoms with Crippen molar-refractivity contribution in [2.45, 2.75) is 25.9 Å². The molecule has 0 saturated heterocycles. The molecule has 2 rings (SSSR count). The van der Waals surface area contributed by atoms with Crippen molar-refractivity contribution in [3.05, 3.63) is 64.6 Å². The van der Waals surface area contributed by atoms with Crippen LogP contribution in [-0.2, 0) is 6.42 Å². The second-order valence-electron chi connectivity index (χ2n) is 4.41. The van der Waals surface area contributed by atoms with Crippen LogP contribution in [0.5, 0.6) is 5.75 Å². The molecular weight excluding hydrogens is 288 g/mol. The summed E-state index contributed by atoms with van der Waals surface area (Å²) in [6.07, 6.45) is 2.31. The third-order valence-corrected chi connectivity index (χ3v) is 3.36. The van der Waals surface area contributed by atoms with E-state index in [9.17, 15) is 0 Å². The maximum Gasteiger partial charge on any atom is 0.119 e. The van der Waals surface area contributed by atoms with Crippen molar-refractivity contribution in [2.24, 2.45) is 0 Å². The first-order valence-electron chi connectivity index (χ1n) is 6.20. The Bertz CT molecular complexity index is 464. The van der Waals surface area contributed by atoms with E-state index < -0.39 is 0 Å². The molecule has 0 aliphatic rings. The molecule has 2 heteroatoms. The highest BCUT2D eigenvalue weighted by Gasteiger charge is 2.04. The summed E-state index contributed by atoms with van der Waals surface area (Å²) in [7, 11) is 0. The molecule has 0 aliphatic carbocycles. The van der Waals surface area contributed by atoms with Gasteiger partial charge in [0, 0.05) is 4.47 Å². The Morgan fingerprint density at radius 2 is 1.67 bits per heavy atom. The summed E-state index contributed by atoms with van der Waals surface area (Å²) >= 11 is 3.42. The number of halogens is 1. The van der Waals surface area contributed by atoms with Gasteiger partial charge in [-0.05, 0) is 49.6 Å². The van der Waals surface area contributed by atoms with E-state index in [4.69, 9.17) is 4.74 Å². The van der Waals surface area contributed by atoms with Crippen molar-refractivity contribution in [3.8, 4) is 5.75 Å². The monoisotopic (exact) mass is 304 g/mol. The Kier molecular flexibility index (Phi) is 4.82. The fourth-order valence-corrected chi connectivity index (χ4v) is 2.08. The summed E-state index contributed by atoms with van der Waals surface area (Å²) in [6, 6.07) is 18.5. The largest absolute Gasteiger partial charge is 0.491 e. The topological polar surface area (TPSA) is 9.23 Å². The van der Waals surface area contributed by atoms with E-state index in [1.807, 2.05) is 30.3 Å². The molecule has 0 spiro atoms. The lowest BCUT2D eigenvalue weighted by Crippen LogP contribution is -2.12. The van der Waals surface area contributed by atoms with Crippen LogP contribution < -0.4 is 4.74 Å². The highest BCUT2D eigenvalue weighted by atomic mass is 79.9. The Labute approximate surface area is 117 Å². The summed E-state index contributed by atoms with van der Waals surface area (Å²) in [4.78, 5) is 0. The smallest absolute Gasteiger partial charge is 0.119 e. The lowest BCUT2D eigenvalue weighted by atomic mass is 10.1. The molecule has 2 aromatic rings. The minimum absolute atomic E-state index is 0.228. The number of rotatable bonds is 5.